The smallest absolute Gasteiger partial charge is 0.160 e. The van der Waals surface area contributed by atoms with Crippen molar-refractivity contribution < 1.29 is 4.74 Å². The van der Waals surface area contributed by atoms with Crippen LogP contribution in [0.15, 0.2) is 12.1 Å². The number of alkyl halides is 1. The Kier molecular flexibility index (Phi) is 5.16. The molecule has 0 N–H and O–H groups in total. The summed E-state index contributed by atoms with van der Waals surface area (Å²) < 4.78 is 7.28. The molecule has 19 heavy (non-hydrogen) atoms. The summed E-state index contributed by atoms with van der Waals surface area (Å²) in [5.41, 5.74) is 2.94. The van der Waals surface area contributed by atoms with E-state index in [1.54, 1.807) is 7.11 Å². The van der Waals surface area contributed by atoms with Crippen molar-refractivity contribution in [1.29, 1.82) is 0 Å². The van der Waals surface area contributed by atoms with E-state index in [9.17, 15) is 0 Å². The molecule has 0 bridgehead atoms. The molecule has 0 spiro atoms. The maximum Gasteiger partial charge on any atom is 0.160 e. The molecule has 0 atom stereocenters. The highest BCUT2D eigenvalue weighted by molar-refractivity contribution is 6.17. The maximum atomic E-state index is 5.86. The van der Waals surface area contributed by atoms with Crippen LogP contribution in [0.1, 0.15) is 24.4 Å². The molecule has 0 saturated heterocycles. The van der Waals surface area contributed by atoms with Gasteiger partial charge < -0.3 is 9.30 Å². The summed E-state index contributed by atoms with van der Waals surface area (Å²) in [7, 11) is 1.73. The number of hydrogen-bond donors (Lipinski definition) is 0. The van der Waals surface area contributed by atoms with E-state index in [0.29, 0.717) is 5.88 Å². The van der Waals surface area contributed by atoms with Gasteiger partial charge in [0.25, 0.3) is 0 Å². The molecule has 0 aliphatic carbocycles. The third-order valence-corrected chi connectivity index (χ3v) is 3.30. The van der Waals surface area contributed by atoms with Gasteiger partial charge in [-0.05, 0) is 31.9 Å². The first-order valence-electron chi connectivity index (χ1n) is 6.64. The Bertz CT molecular complexity index is 539. The lowest BCUT2D eigenvalue weighted by molar-refractivity contribution is 0.191. The second-order valence-electron chi connectivity index (χ2n) is 4.61. The second-order valence-corrected chi connectivity index (χ2v) is 4.99. The number of aryl methyl sites for hydroxylation is 3. The Hall–Kier alpha value is -1.13. The van der Waals surface area contributed by atoms with Gasteiger partial charge in [0.05, 0.1) is 0 Å². The van der Waals surface area contributed by atoms with E-state index in [-0.39, 0.29) is 0 Å². The minimum atomic E-state index is 0.584. The van der Waals surface area contributed by atoms with Crippen LogP contribution in [0.4, 0.5) is 0 Å². The van der Waals surface area contributed by atoms with Gasteiger partial charge in [0.1, 0.15) is 11.3 Å². The van der Waals surface area contributed by atoms with Crippen molar-refractivity contribution in [3.05, 3.63) is 23.7 Å². The van der Waals surface area contributed by atoms with Crippen LogP contribution < -0.4 is 0 Å². The molecule has 104 valence electrons. The number of pyridine rings is 1. The van der Waals surface area contributed by atoms with Gasteiger partial charge in [-0.15, -0.1) is 11.6 Å². The lowest BCUT2D eigenvalue weighted by Crippen LogP contribution is -2.06. The summed E-state index contributed by atoms with van der Waals surface area (Å²) in [6.45, 7) is 3.72. The van der Waals surface area contributed by atoms with E-state index in [2.05, 4.69) is 14.5 Å². The fourth-order valence-electron chi connectivity index (χ4n) is 2.17. The van der Waals surface area contributed by atoms with Gasteiger partial charge in [-0.1, -0.05) is 0 Å². The van der Waals surface area contributed by atoms with Gasteiger partial charge in [0.2, 0.25) is 0 Å². The van der Waals surface area contributed by atoms with Crippen molar-refractivity contribution in [3.8, 4) is 0 Å². The van der Waals surface area contributed by atoms with Crippen molar-refractivity contribution in [3.63, 3.8) is 0 Å². The Labute approximate surface area is 118 Å². The molecule has 2 aromatic rings. The lowest BCUT2D eigenvalue weighted by Gasteiger charge is -2.07. The zero-order valence-corrected chi connectivity index (χ0v) is 12.3. The van der Waals surface area contributed by atoms with Crippen LogP contribution in [0.3, 0.4) is 0 Å². The molecule has 0 aliphatic rings. The van der Waals surface area contributed by atoms with Crippen molar-refractivity contribution in [2.45, 2.75) is 32.7 Å². The zero-order chi connectivity index (χ0) is 13.7. The first kappa shape index (κ1) is 14.3. The molecule has 4 nitrogen and oxygen atoms in total. The molecule has 0 aromatic carbocycles. The van der Waals surface area contributed by atoms with Crippen LogP contribution in [0.25, 0.3) is 11.2 Å². The van der Waals surface area contributed by atoms with Gasteiger partial charge in [-0.25, -0.2) is 9.97 Å². The highest BCUT2D eigenvalue weighted by atomic mass is 35.5. The fourth-order valence-corrected chi connectivity index (χ4v) is 2.34. The molecule has 2 rings (SSSR count). The van der Waals surface area contributed by atoms with Crippen LogP contribution in [0.2, 0.25) is 0 Å². The second kappa shape index (κ2) is 6.87. The minimum Gasteiger partial charge on any atom is -0.385 e. The summed E-state index contributed by atoms with van der Waals surface area (Å²) in [6, 6.07) is 4.02. The van der Waals surface area contributed by atoms with Crippen molar-refractivity contribution in [2.24, 2.45) is 0 Å². The van der Waals surface area contributed by atoms with Crippen molar-refractivity contribution in [2.75, 3.05) is 19.6 Å². The van der Waals surface area contributed by atoms with E-state index >= 15 is 0 Å². The lowest BCUT2D eigenvalue weighted by atomic mass is 10.3. The largest absolute Gasteiger partial charge is 0.385 e. The first-order valence-corrected chi connectivity index (χ1v) is 7.17. The number of unbranched alkanes of at least 4 members (excludes halogenated alkanes) is 1. The summed E-state index contributed by atoms with van der Waals surface area (Å²) >= 11 is 5.86. The topological polar surface area (TPSA) is 39.9 Å². The molecule has 2 aromatic heterocycles. The van der Waals surface area contributed by atoms with Crippen LogP contribution in [-0.2, 0) is 17.7 Å². The van der Waals surface area contributed by atoms with E-state index in [1.165, 1.54) is 0 Å². The van der Waals surface area contributed by atoms with Gasteiger partial charge in [0.15, 0.2) is 5.65 Å². The number of rotatable bonds is 7. The molecule has 0 amide bonds. The predicted molar refractivity (Wildman–Crippen MR) is 77.8 cm³/mol. The van der Waals surface area contributed by atoms with E-state index < -0.39 is 0 Å². The highest BCUT2D eigenvalue weighted by Gasteiger charge is 2.11. The van der Waals surface area contributed by atoms with E-state index in [0.717, 1.165) is 55.1 Å². The Morgan fingerprint density at radius 3 is 2.84 bits per heavy atom. The number of methoxy groups -OCH3 is 1. The standard InChI is InChI=1S/C14H20ClN3O/c1-11-5-6-12-14(16-11)18(9-3-4-10-19-2)13(17-12)7-8-15/h5-6H,3-4,7-10H2,1-2H3. The summed E-state index contributed by atoms with van der Waals surface area (Å²) in [5, 5.41) is 0. The van der Waals surface area contributed by atoms with Crippen LogP contribution in [0.5, 0.6) is 0 Å². The van der Waals surface area contributed by atoms with Gasteiger partial charge >= 0.3 is 0 Å². The summed E-state index contributed by atoms with van der Waals surface area (Å²) in [5.74, 6) is 1.61. The number of fused-ring (bicyclic) bond motifs is 1. The van der Waals surface area contributed by atoms with Crippen LogP contribution in [0, 0.1) is 6.92 Å². The number of aromatic nitrogens is 3. The Morgan fingerprint density at radius 1 is 1.26 bits per heavy atom. The minimum absolute atomic E-state index is 0.584. The molecule has 5 heteroatoms. The van der Waals surface area contributed by atoms with Gasteiger partial charge in [-0.3, -0.25) is 0 Å². The molecule has 0 saturated carbocycles. The number of imidazole rings is 1. The first-order chi connectivity index (χ1) is 9.26. The third-order valence-electron chi connectivity index (χ3n) is 3.11. The molecule has 0 fully saturated rings. The molecular weight excluding hydrogens is 262 g/mol. The Morgan fingerprint density at radius 2 is 2.11 bits per heavy atom. The third kappa shape index (κ3) is 3.45. The SMILES string of the molecule is COCCCCn1c(CCCl)nc2ccc(C)nc21. The number of hydrogen-bond acceptors (Lipinski definition) is 3. The van der Waals surface area contributed by atoms with E-state index in [1.807, 2.05) is 19.1 Å². The van der Waals surface area contributed by atoms with Gasteiger partial charge in [0, 0.05) is 38.3 Å². The molecule has 0 radical (unpaired) electrons. The monoisotopic (exact) mass is 281 g/mol. The van der Waals surface area contributed by atoms with Crippen LogP contribution >= 0.6 is 11.6 Å². The molecule has 0 aliphatic heterocycles. The average Bonchev–Trinajstić information content (AvgIpc) is 2.73. The Balaban J connectivity index is 2.25. The maximum absolute atomic E-state index is 5.86. The average molecular weight is 282 g/mol. The number of halogens is 1. The molecule has 0 unspecified atom stereocenters. The summed E-state index contributed by atoms with van der Waals surface area (Å²) in [4.78, 5) is 9.23. The molecule has 2 heterocycles. The quantitative estimate of drug-likeness (QED) is 0.579. The van der Waals surface area contributed by atoms with Crippen molar-refractivity contribution >= 4 is 22.8 Å². The van der Waals surface area contributed by atoms with Gasteiger partial charge in [-0.2, -0.15) is 0 Å². The van der Waals surface area contributed by atoms with E-state index in [4.69, 9.17) is 16.3 Å². The normalized spacial score (nSPS) is 11.3. The van der Waals surface area contributed by atoms with Crippen molar-refractivity contribution in [1.82, 2.24) is 14.5 Å². The zero-order valence-electron chi connectivity index (χ0n) is 11.5. The summed E-state index contributed by atoms with van der Waals surface area (Å²) in [6.07, 6.45) is 2.88. The number of nitrogens with zero attached hydrogens (tertiary/aromatic N) is 3. The fraction of sp³-hybridized carbons (Fsp3) is 0.571. The highest BCUT2D eigenvalue weighted by Crippen LogP contribution is 2.16. The van der Waals surface area contributed by atoms with Crippen LogP contribution in [-0.4, -0.2) is 34.1 Å². The number of ether oxygens (including phenoxy) is 1. The predicted octanol–water partition coefficient (Wildman–Crippen LogP) is 2.95. The molecular formula is C14H20ClN3O.